The van der Waals surface area contributed by atoms with Gasteiger partial charge in [-0.05, 0) is 25.0 Å². The van der Waals surface area contributed by atoms with Crippen LogP contribution in [-0.4, -0.2) is 37.0 Å². The van der Waals surface area contributed by atoms with E-state index in [0.717, 1.165) is 11.1 Å². The van der Waals surface area contributed by atoms with E-state index in [4.69, 9.17) is 23.7 Å². The normalized spacial score (nSPS) is 29.0. The molecule has 2 fully saturated rings. The van der Waals surface area contributed by atoms with Gasteiger partial charge in [0.05, 0.1) is 19.8 Å². The van der Waals surface area contributed by atoms with E-state index < -0.39 is 12.1 Å². The van der Waals surface area contributed by atoms with E-state index in [2.05, 4.69) is 0 Å². The Morgan fingerprint density at radius 1 is 0.852 bits per heavy atom. The average molecular weight is 370 g/mol. The summed E-state index contributed by atoms with van der Waals surface area (Å²) < 4.78 is 30.1. The highest BCUT2D eigenvalue weighted by atomic mass is 16.8. The molecule has 4 rings (SSSR count). The monoisotopic (exact) mass is 370 g/mol. The van der Waals surface area contributed by atoms with Gasteiger partial charge in [0.2, 0.25) is 0 Å². The lowest BCUT2D eigenvalue weighted by Crippen LogP contribution is -2.38. The molecule has 0 amide bonds. The van der Waals surface area contributed by atoms with Crippen LogP contribution in [0.3, 0.4) is 0 Å². The van der Waals surface area contributed by atoms with Crippen molar-refractivity contribution in [1.29, 1.82) is 0 Å². The molecule has 5 nitrogen and oxygen atoms in total. The minimum absolute atomic E-state index is 0.233. The number of hydrogen-bond donors (Lipinski definition) is 0. The molecule has 0 radical (unpaired) electrons. The fourth-order valence-electron chi connectivity index (χ4n) is 3.52. The standard InChI is InChI=1S/C22H26O5/c1-22(2)26-20-19(24-14-17-11-7-4-8-12-17)18(25-21(20)27-22)15-23-13-16-9-5-3-6-10-16/h3-12,18-21H,13-15H2,1-2H3/t18-,19+,20-,21-/m1/s1. The SMILES string of the molecule is CC1(C)O[C@H]2O[C@H](COCc3ccccc3)[C@H](OCc3ccccc3)[C@H]2O1. The topological polar surface area (TPSA) is 46.2 Å². The lowest BCUT2D eigenvalue weighted by Gasteiger charge is -2.26. The Balaban J connectivity index is 1.38. The zero-order valence-electron chi connectivity index (χ0n) is 15.7. The second-order valence-corrected chi connectivity index (χ2v) is 7.41. The quantitative estimate of drug-likeness (QED) is 0.744. The Morgan fingerprint density at radius 2 is 1.48 bits per heavy atom. The first-order chi connectivity index (χ1) is 13.1. The molecule has 0 aliphatic carbocycles. The van der Waals surface area contributed by atoms with Crippen LogP contribution >= 0.6 is 0 Å². The van der Waals surface area contributed by atoms with E-state index in [1.54, 1.807) is 0 Å². The van der Waals surface area contributed by atoms with Crippen LogP contribution in [-0.2, 0) is 36.9 Å². The highest BCUT2D eigenvalue weighted by molar-refractivity contribution is 5.14. The molecule has 4 atom stereocenters. The Kier molecular flexibility index (Phi) is 5.57. The highest BCUT2D eigenvalue weighted by Crippen LogP contribution is 2.39. The third kappa shape index (κ3) is 4.57. The van der Waals surface area contributed by atoms with Crippen molar-refractivity contribution in [3.8, 4) is 0 Å². The van der Waals surface area contributed by atoms with Crippen LogP contribution in [0.25, 0.3) is 0 Å². The second kappa shape index (κ2) is 8.09. The minimum Gasteiger partial charge on any atom is -0.374 e. The van der Waals surface area contributed by atoms with Gasteiger partial charge >= 0.3 is 0 Å². The van der Waals surface area contributed by atoms with Crippen molar-refractivity contribution in [2.45, 2.75) is 57.5 Å². The first-order valence-corrected chi connectivity index (χ1v) is 9.39. The summed E-state index contributed by atoms with van der Waals surface area (Å²) in [7, 11) is 0. The summed E-state index contributed by atoms with van der Waals surface area (Å²) in [6.45, 7) is 5.24. The Morgan fingerprint density at radius 3 is 2.15 bits per heavy atom. The molecule has 0 N–H and O–H groups in total. The Bertz CT molecular complexity index is 718. The molecule has 2 aliphatic heterocycles. The first kappa shape index (κ1) is 18.6. The van der Waals surface area contributed by atoms with Gasteiger partial charge in [-0.25, -0.2) is 0 Å². The summed E-state index contributed by atoms with van der Waals surface area (Å²) in [6.07, 6.45) is -1.16. The molecular weight excluding hydrogens is 344 g/mol. The molecule has 2 aliphatic rings. The number of rotatable bonds is 7. The molecule has 144 valence electrons. The average Bonchev–Trinajstić information content (AvgIpc) is 3.13. The molecule has 0 saturated carbocycles. The molecule has 0 unspecified atom stereocenters. The van der Waals surface area contributed by atoms with Gasteiger partial charge in [0.15, 0.2) is 12.1 Å². The molecule has 2 aromatic rings. The van der Waals surface area contributed by atoms with Crippen molar-refractivity contribution in [3.05, 3.63) is 71.8 Å². The van der Waals surface area contributed by atoms with Gasteiger partial charge in [-0.3, -0.25) is 0 Å². The van der Waals surface area contributed by atoms with E-state index in [1.807, 2.05) is 74.5 Å². The molecular formula is C22H26O5. The molecule has 2 aromatic carbocycles. The zero-order chi connectivity index (χ0) is 18.7. The van der Waals surface area contributed by atoms with Crippen LogP contribution in [0.2, 0.25) is 0 Å². The third-order valence-electron chi connectivity index (χ3n) is 4.77. The van der Waals surface area contributed by atoms with Crippen LogP contribution in [0.4, 0.5) is 0 Å². The third-order valence-corrected chi connectivity index (χ3v) is 4.77. The van der Waals surface area contributed by atoms with Crippen LogP contribution in [0, 0.1) is 0 Å². The van der Waals surface area contributed by atoms with Crippen molar-refractivity contribution in [3.63, 3.8) is 0 Å². The van der Waals surface area contributed by atoms with Gasteiger partial charge in [-0.15, -0.1) is 0 Å². The van der Waals surface area contributed by atoms with Crippen LogP contribution < -0.4 is 0 Å². The maximum absolute atomic E-state index is 6.20. The first-order valence-electron chi connectivity index (χ1n) is 9.39. The number of hydrogen-bond acceptors (Lipinski definition) is 5. The predicted octanol–water partition coefficient (Wildman–Crippen LogP) is 3.67. The van der Waals surface area contributed by atoms with E-state index >= 15 is 0 Å². The molecule has 2 saturated heterocycles. The van der Waals surface area contributed by atoms with Crippen molar-refractivity contribution in [2.75, 3.05) is 6.61 Å². The second-order valence-electron chi connectivity index (χ2n) is 7.41. The fourth-order valence-corrected chi connectivity index (χ4v) is 3.52. The van der Waals surface area contributed by atoms with Crippen molar-refractivity contribution in [2.24, 2.45) is 0 Å². The van der Waals surface area contributed by atoms with Crippen LogP contribution in [0.1, 0.15) is 25.0 Å². The molecule has 0 spiro atoms. The molecule has 2 heterocycles. The van der Waals surface area contributed by atoms with Crippen LogP contribution in [0.5, 0.6) is 0 Å². The molecule has 0 bridgehead atoms. The van der Waals surface area contributed by atoms with Gasteiger partial charge in [0, 0.05) is 0 Å². The van der Waals surface area contributed by atoms with E-state index in [0.29, 0.717) is 19.8 Å². The fraction of sp³-hybridized carbons (Fsp3) is 0.455. The summed E-state index contributed by atoms with van der Waals surface area (Å²) in [6, 6.07) is 20.2. The maximum atomic E-state index is 6.20. The van der Waals surface area contributed by atoms with Crippen molar-refractivity contribution in [1.82, 2.24) is 0 Å². The van der Waals surface area contributed by atoms with Gasteiger partial charge in [-0.1, -0.05) is 60.7 Å². The lowest BCUT2D eigenvalue weighted by molar-refractivity contribution is -0.225. The van der Waals surface area contributed by atoms with Gasteiger partial charge in [-0.2, -0.15) is 0 Å². The Labute approximate surface area is 160 Å². The largest absolute Gasteiger partial charge is 0.374 e. The molecule has 0 aromatic heterocycles. The Hall–Kier alpha value is -1.76. The zero-order valence-corrected chi connectivity index (χ0v) is 15.7. The number of benzene rings is 2. The number of fused-ring (bicyclic) bond motifs is 1. The van der Waals surface area contributed by atoms with Gasteiger partial charge in [0.25, 0.3) is 0 Å². The maximum Gasteiger partial charge on any atom is 0.190 e. The van der Waals surface area contributed by atoms with E-state index in [1.165, 1.54) is 0 Å². The van der Waals surface area contributed by atoms with E-state index in [-0.39, 0.29) is 18.3 Å². The molecule has 27 heavy (non-hydrogen) atoms. The van der Waals surface area contributed by atoms with Crippen molar-refractivity contribution >= 4 is 0 Å². The highest BCUT2D eigenvalue weighted by Gasteiger charge is 2.55. The van der Waals surface area contributed by atoms with E-state index in [9.17, 15) is 0 Å². The minimum atomic E-state index is -0.667. The smallest absolute Gasteiger partial charge is 0.190 e. The summed E-state index contributed by atoms with van der Waals surface area (Å²) in [5.74, 6) is -0.667. The number of ether oxygens (including phenoxy) is 5. The van der Waals surface area contributed by atoms with Gasteiger partial charge in [0.1, 0.15) is 18.3 Å². The summed E-state index contributed by atoms with van der Waals surface area (Å²) in [5, 5.41) is 0. The predicted molar refractivity (Wildman–Crippen MR) is 99.8 cm³/mol. The lowest BCUT2D eigenvalue weighted by atomic mass is 10.1. The summed E-state index contributed by atoms with van der Waals surface area (Å²) in [5.41, 5.74) is 2.24. The van der Waals surface area contributed by atoms with Gasteiger partial charge < -0.3 is 23.7 Å². The molecule has 5 heteroatoms. The summed E-state index contributed by atoms with van der Waals surface area (Å²) in [4.78, 5) is 0. The van der Waals surface area contributed by atoms with Crippen molar-refractivity contribution < 1.29 is 23.7 Å². The summed E-state index contributed by atoms with van der Waals surface area (Å²) >= 11 is 0. The van der Waals surface area contributed by atoms with Crippen LogP contribution in [0.15, 0.2) is 60.7 Å².